The predicted octanol–water partition coefficient (Wildman–Crippen LogP) is 4.29. The number of hydrogen-bond acceptors (Lipinski definition) is 10. The fourth-order valence-electron chi connectivity index (χ4n) is 3.71. The van der Waals surface area contributed by atoms with E-state index < -0.39 is 4.92 Å². The van der Waals surface area contributed by atoms with Crippen LogP contribution < -0.4 is 25.0 Å². The molecule has 3 aromatic rings. The lowest BCUT2D eigenvalue weighted by atomic mass is 10.2. The highest BCUT2D eigenvalue weighted by atomic mass is 35.5. The molecule has 0 atom stereocenters. The smallest absolute Gasteiger partial charge is 0.271 e. The van der Waals surface area contributed by atoms with E-state index in [1.54, 1.807) is 7.11 Å². The van der Waals surface area contributed by atoms with Crippen molar-refractivity contribution in [2.45, 2.75) is 0 Å². The maximum Gasteiger partial charge on any atom is 0.271 e. The quantitative estimate of drug-likeness (QED) is 0.343. The lowest BCUT2D eigenvalue weighted by Crippen LogP contribution is -2.44. The number of nitro groups is 1. The van der Waals surface area contributed by atoms with Gasteiger partial charge in [0.1, 0.15) is 16.5 Å². The number of halogens is 1. The van der Waals surface area contributed by atoms with Crippen LogP contribution in [-0.2, 0) is 0 Å². The molecule has 0 saturated carbocycles. The minimum atomic E-state index is -0.488. The van der Waals surface area contributed by atoms with Crippen molar-refractivity contribution in [3.8, 4) is 11.5 Å². The number of piperazine rings is 1. The highest BCUT2D eigenvalue weighted by molar-refractivity contribution is 6.33. The monoisotopic (exact) mass is 499 g/mol. The van der Waals surface area contributed by atoms with Crippen molar-refractivity contribution >= 4 is 46.1 Å². The van der Waals surface area contributed by atoms with Gasteiger partial charge in [0, 0.05) is 50.1 Å². The third kappa shape index (κ3) is 5.64. The summed E-state index contributed by atoms with van der Waals surface area (Å²) in [6.45, 7) is 3.90. The van der Waals surface area contributed by atoms with Crippen molar-refractivity contribution < 1.29 is 14.4 Å². The summed E-state index contributed by atoms with van der Waals surface area (Å²) >= 11 is 6.35. The first-order valence-electron chi connectivity index (χ1n) is 10.9. The van der Waals surface area contributed by atoms with Crippen LogP contribution >= 0.6 is 11.6 Å². The number of benzene rings is 2. The van der Waals surface area contributed by atoms with Crippen LogP contribution in [0.5, 0.6) is 11.5 Å². The fraction of sp³-hybridized carbons (Fsp3) is 0.304. The number of likely N-dealkylation sites (N-methyl/N-ethyl adjacent to an activating group) is 1. The van der Waals surface area contributed by atoms with Crippen molar-refractivity contribution in [3.05, 3.63) is 57.7 Å². The van der Waals surface area contributed by atoms with Crippen molar-refractivity contribution in [1.82, 2.24) is 14.9 Å². The lowest BCUT2D eigenvalue weighted by Gasteiger charge is -2.34. The van der Waals surface area contributed by atoms with Gasteiger partial charge >= 0.3 is 0 Å². The maximum atomic E-state index is 11.2. The first kappa shape index (κ1) is 24.3. The second-order valence-corrected chi connectivity index (χ2v) is 8.36. The zero-order valence-corrected chi connectivity index (χ0v) is 20.4. The van der Waals surface area contributed by atoms with E-state index in [0.29, 0.717) is 33.7 Å². The number of anilines is 5. The van der Waals surface area contributed by atoms with E-state index in [4.69, 9.17) is 21.1 Å². The van der Waals surface area contributed by atoms with Crippen LogP contribution in [0.1, 0.15) is 0 Å². The third-order valence-electron chi connectivity index (χ3n) is 5.69. The van der Waals surface area contributed by atoms with E-state index in [0.717, 1.165) is 31.9 Å². The van der Waals surface area contributed by atoms with E-state index in [-0.39, 0.29) is 11.6 Å². The van der Waals surface area contributed by atoms with Crippen LogP contribution in [0.3, 0.4) is 0 Å². The van der Waals surface area contributed by atoms with Gasteiger partial charge in [-0.05, 0) is 25.2 Å². The molecule has 1 aromatic heterocycles. The molecule has 0 bridgehead atoms. The molecule has 11 nitrogen and oxygen atoms in total. The van der Waals surface area contributed by atoms with Gasteiger partial charge in [0.25, 0.3) is 5.69 Å². The fourth-order valence-corrected chi connectivity index (χ4v) is 3.85. The summed E-state index contributed by atoms with van der Waals surface area (Å²) in [6.07, 6.45) is 1.44. The highest BCUT2D eigenvalue weighted by Crippen LogP contribution is 2.35. The van der Waals surface area contributed by atoms with Gasteiger partial charge in [-0.1, -0.05) is 11.6 Å². The van der Waals surface area contributed by atoms with E-state index in [9.17, 15) is 10.1 Å². The highest BCUT2D eigenvalue weighted by Gasteiger charge is 2.17. The minimum Gasteiger partial charge on any atom is -0.495 e. The molecule has 0 radical (unpaired) electrons. The number of methoxy groups -OCH3 is 2. The van der Waals surface area contributed by atoms with Crippen molar-refractivity contribution in [2.24, 2.45) is 0 Å². The Labute approximate surface area is 207 Å². The number of hydrogen-bond donors (Lipinski definition) is 2. The molecule has 1 aliphatic rings. The van der Waals surface area contributed by atoms with Gasteiger partial charge < -0.3 is 29.9 Å². The zero-order chi connectivity index (χ0) is 24.9. The average Bonchev–Trinajstić information content (AvgIpc) is 2.86. The van der Waals surface area contributed by atoms with Crippen LogP contribution in [0.4, 0.5) is 34.5 Å². The SMILES string of the molecule is COc1ccc([N+](=O)[O-])cc1Nc1ncc(Cl)c(Nc2ccc(N3CCN(C)CC3)cc2OC)n1. The second kappa shape index (κ2) is 10.6. The number of rotatable bonds is 8. The third-order valence-corrected chi connectivity index (χ3v) is 5.97. The Morgan fingerprint density at radius 3 is 2.43 bits per heavy atom. The molecule has 2 N–H and O–H groups in total. The second-order valence-electron chi connectivity index (χ2n) is 7.96. The van der Waals surface area contributed by atoms with E-state index >= 15 is 0 Å². The van der Waals surface area contributed by atoms with Gasteiger partial charge in [-0.3, -0.25) is 10.1 Å². The number of aromatic nitrogens is 2. The Bertz CT molecular complexity index is 1220. The van der Waals surface area contributed by atoms with Crippen LogP contribution in [0.15, 0.2) is 42.6 Å². The van der Waals surface area contributed by atoms with Gasteiger partial charge in [-0.2, -0.15) is 4.98 Å². The molecule has 1 saturated heterocycles. The largest absolute Gasteiger partial charge is 0.495 e. The topological polar surface area (TPSA) is 118 Å². The minimum absolute atomic E-state index is 0.0919. The summed E-state index contributed by atoms with van der Waals surface area (Å²) in [5, 5.41) is 17.6. The Balaban J connectivity index is 1.57. The van der Waals surface area contributed by atoms with Crippen LogP contribution in [0.2, 0.25) is 5.02 Å². The Morgan fingerprint density at radius 2 is 1.74 bits per heavy atom. The molecule has 12 heteroatoms. The van der Waals surface area contributed by atoms with E-state index in [1.165, 1.54) is 31.5 Å². The standard InChI is InChI=1S/C23H26ClN7O4/c1-29-8-10-30(11-9-29)15-4-6-18(21(13-15)35-3)26-22-17(24)14-25-23(28-22)27-19-12-16(31(32)33)5-7-20(19)34-2/h4-7,12-14H,8-11H2,1-3H3,(H2,25,26,27,28). The molecular formula is C23H26ClN7O4. The molecular weight excluding hydrogens is 474 g/mol. The Kier molecular flexibility index (Phi) is 7.37. The van der Waals surface area contributed by atoms with Crippen molar-refractivity contribution in [3.63, 3.8) is 0 Å². The summed E-state index contributed by atoms with van der Waals surface area (Å²) in [6, 6.07) is 10.1. The molecule has 0 spiro atoms. The van der Waals surface area contributed by atoms with Gasteiger partial charge in [-0.25, -0.2) is 4.98 Å². The molecule has 2 aromatic carbocycles. The van der Waals surface area contributed by atoms with Gasteiger partial charge in [-0.15, -0.1) is 0 Å². The lowest BCUT2D eigenvalue weighted by molar-refractivity contribution is -0.384. The molecule has 184 valence electrons. The van der Waals surface area contributed by atoms with Gasteiger partial charge in [0.05, 0.1) is 36.7 Å². The summed E-state index contributed by atoms with van der Waals surface area (Å²) in [5.41, 5.74) is 2.02. The number of nitro benzene ring substituents is 1. The molecule has 0 aliphatic carbocycles. The van der Waals surface area contributed by atoms with Crippen LogP contribution in [0.25, 0.3) is 0 Å². The number of nitrogens with one attached hydrogen (secondary N) is 2. The van der Waals surface area contributed by atoms with Crippen LogP contribution in [0, 0.1) is 10.1 Å². The Hall–Kier alpha value is -3.83. The molecule has 0 unspecified atom stereocenters. The summed E-state index contributed by atoms with van der Waals surface area (Å²) in [4.78, 5) is 23.9. The molecule has 1 aliphatic heterocycles. The maximum absolute atomic E-state index is 11.2. The Morgan fingerprint density at radius 1 is 1.00 bits per heavy atom. The summed E-state index contributed by atoms with van der Waals surface area (Å²) in [5.74, 6) is 1.58. The van der Waals surface area contributed by atoms with E-state index in [2.05, 4.69) is 37.4 Å². The molecule has 35 heavy (non-hydrogen) atoms. The number of non-ortho nitro benzene ring substituents is 1. The number of ether oxygens (including phenoxy) is 2. The summed E-state index contributed by atoms with van der Waals surface area (Å²) in [7, 11) is 5.20. The normalized spacial score (nSPS) is 13.9. The molecule has 2 heterocycles. The predicted molar refractivity (Wildman–Crippen MR) is 136 cm³/mol. The first-order valence-corrected chi connectivity index (χ1v) is 11.3. The number of nitrogens with zero attached hydrogens (tertiary/aromatic N) is 5. The molecule has 0 amide bonds. The van der Waals surface area contributed by atoms with Crippen molar-refractivity contribution in [2.75, 3.05) is 63.0 Å². The van der Waals surface area contributed by atoms with Gasteiger partial charge in [0.15, 0.2) is 5.82 Å². The zero-order valence-electron chi connectivity index (χ0n) is 19.6. The van der Waals surface area contributed by atoms with Crippen LogP contribution in [-0.4, -0.2) is 67.2 Å². The summed E-state index contributed by atoms with van der Waals surface area (Å²) < 4.78 is 10.9. The van der Waals surface area contributed by atoms with Gasteiger partial charge in [0.2, 0.25) is 5.95 Å². The first-order chi connectivity index (χ1) is 16.9. The van der Waals surface area contributed by atoms with Crippen molar-refractivity contribution in [1.29, 1.82) is 0 Å². The molecule has 4 rings (SSSR count). The molecule has 1 fully saturated rings. The van der Waals surface area contributed by atoms with E-state index in [1.807, 2.05) is 18.2 Å². The average molecular weight is 500 g/mol.